The lowest BCUT2D eigenvalue weighted by Gasteiger charge is -2.41. The number of nitrogens with zero attached hydrogens (tertiary/aromatic N) is 1. The summed E-state index contributed by atoms with van der Waals surface area (Å²) in [5.74, 6) is 0. The van der Waals surface area contributed by atoms with Gasteiger partial charge in [-0.2, -0.15) is 0 Å². The van der Waals surface area contributed by atoms with E-state index in [-0.39, 0.29) is 5.54 Å². The van der Waals surface area contributed by atoms with Crippen LogP contribution in [0.25, 0.3) is 0 Å². The molecule has 0 spiro atoms. The first-order valence-corrected chi connectivity index (χ1v) is 4.89. The predicted molar refractivity (Wildman–Crippen MR) is 55.5 cm³/mol. The Morgan fingerprint density at radius 1 is 1.33 bits per heavy atom. The number of likely N-dealkylation sites (N-methyl/N-ethyl adjacent to an activating group) is 2. The van der Waals surface area contributed by atoms with E-state index in [0.29, 0.717) is 6.04 Å². The Morgan fingerprint density at radius 2 is 1.83 bits per heavy atom. The van der Waals surface area contributed by atoms with Gasteiger partial charge in [0.1, 0.15) is 0 Å². The molecule has 0 saturated carbocycles. The molecule has 0 saturated heterocycles. The van der Waals surface area contributed by atoms with Crippen molar-refractivity contribution in [3.8, 4) is 0 Å². The molecule has 0 radical (unpaired) electrons. The maximum atomic E-state index is 3.48. The van der Waals surface area contributed by atoms with Crippen LogP contribution in [-0.4, -0.2) is 37.1 Å². The van der Waals surface area contributed by atoms with Crippen molar-refractivity contribution in [2.75, 3.05) is 20.6 Å². The van der Waals surface area contributed by atoms with E-state index >= 15 is 0 Å². The highest BCUT2D eigenvalue weighted by Gasteiger charge is 2.30. The summed E-state index contributed by atoms with van der Waals surface area (Å²) < 4.78 is 0. The molecule has 0 aromatic rings. The van der Waals surface area contributed by atoms with Crippen LogP contribution in [0.2, 0.25) is 0 Å². The molecule has 74 valence electrons. The van der Waals surface area contributed by atoms with Crippen LogP contribution in [0.4, 0.5) is 0 Å². The van der Waals surface area contributed by atoms with Crippen molar-refractivity contribution in [3.05, 3.63) is 0 Å². The van der Waals surface area contributed by atoms with Crippen molar-refractivity contribution in [2.24, 2.45) is 0 Å². The number of hydrogen-bond acceptors (Lipinski definition) is 2. The van der Waals surface area contributed by atoms with Crippen molar-refractivity contribution in [2.45, 2.75) is 45.7 Å². The lowest BCUT2D eigenvalue weighted by Crippen LogP contribution is -2.55. The second kappa shape index (κ2) is 4.83. The van der Waals surface area contributed by atoms with Crippen LogP contribution < -0.4 is 5.32 Å². The molecule has 0 amide bonds. The van der Waals surface area contributed by atoms with E-state index in [1.807, 2.05) is 0 Å². The minimum atomic E-state index is 0.274. The molecule has 0 aliphatic rings. The quantitative estimate of drug-likeness (QED) is 0.679. The molecule has 2 heteroatoms. The third kappa shape index (κ3) is 2.46. The van der Waals surface area contributed by atoms with Gasteiger partial charge >= 0.3 is 0 Å². The predicted octanol–water partition coefficient (Wildman–Crippen LogP) is 1.71. The Bertz CT molecular complexity index is 123. The van der Waals surface area contributed by atoms with Gasteiger partial charge in [0.25, 0.3) is 0 Å². The molecule has 0 bridgehead atoms. The fourth-order valence-electron chi connectivity index (χ4n) is 1.54. The van der Waals surface area contributed by atoms with E-state index < -0.39 is 0 Å². The average Bonchev–Trinajstić information content (AvgIpc) is 2.03. The van der Waals surface area contributed by atoms with Crippen LogP contribution in [0.3, 0.4) is 0 Å². The van der Waals surface area contributed by atoms with Crippen molar-refractivity contribution >= 4 is 0 Å². The second-order valence-corrected chi connectivity index (χ2v) is 3.88. The summed E-state index contributed by atoms with van der Waals surface area (Å²) in [4.78, 5) is 2.31. The number of hydrogen-bond donors (Lipinski definition) is 1. The molecule has 0 aliphatic heterocycles. The molecular weight excluding hydrogens is 148 g/mol. The zero-order valence-corrected chi connectivity index (χ0v) is 9.44. The lowest BCUT2D eigenvalue weighted by molar-refractivity contribution is 0.122. The fourth-order valence-corrected chi connectivity index (χ4v) is 1.54. The van der Waals surface area contributed by atoms with Gasteiger partial charge in [0, 0.05) is 11.6 Å². The summed E-state index contributed by atoms with van der Waals surface area (Å²) in [5, 5.41) is 3.48. The minimum Gasteiger partial charge on any atom is -0.313 e. The molecule has 0 aliphatic carbocycles. The molecular formula is C10H24N2. The van der Waals surface area contributed by atoms with Gasteiger partial charge in [-0.15, -0.1) is 0 Å². The van der Waals surface area contributed by atoms with Gasteiger partial charge in [-0.3, -0.25) is 0 Å². The Hall–Kier alpha value is -0.0800. The lowest BCUT2D eigenvalue weighted by atomic mass is 9.89. The normalized spacial score (nSPS) is 19.2. The summed E-state index contributed by atoms with van der Waals surface area (Å²) in [5.41, 5.74) is 0.274. The van der Waals surface area contributed by atoms with Crippen molar-refractivity contribution in [3.63, 3.8) is 0 Å². The average molecular weight is 172 g/mol. The molecule has 0 aromatic heterocycles. The maximum Gasteiger partial charge on any atom is 0.0323 e. The summed E-state index contributed by atoms with van der Waals surface area (Å²) in [7, 11) is 4.30. The van der Waals surface area contributed by atoms with Gasteiger partial charge in [0.2, 0.25) is 0 Å². The third-order valence-electron chi connectivity index (χ3n) is 3.18. The van der Waals surface area contributed by atoms with Crippen LogP contribution in [0, 0.1) is 0 Å². The van der Waals surface area contributed by atoms with Crippen LogP contribution >= 0.6 is 0 Å². The van der Waals surface area contributed by atoms with E-state index in [1.165, 1.54) is 6.42 Å². The standard InChI is InChI=1S/C10H24N2/c1-7-10(4,12(5)6)9(3)11-8-2/h9,11H,7-8H2,1-6H3. The highest BCUT2D eigenvalue weighted by atomic mass is 15.2. The molecule has 0 aromatic carbocycles. The van der Waals surface area contributed by atoms with Crippen molar-refractivity contribution in [1.82, 2.24) is 10.2 Å². The van der Waals surface area contributed by atoms with Crippen molar-refractivity contribution < 1.29 is 0 Å². The summed E-state index contributed by atoms with van der Waals surface area (Å²) >= 11 is 0. The Morgan fingerprint density at radius 3 is 2.08 bits per heavy atom. The second-order valence-electron chi connectivity index (χ2n) is 3.88. The third-order valence-corrected chi connectivity index (χ3v) is 3.18. The molecule has 0 rings (SSSR count). The first kappa shape index (κ1) is 11.9. The van der Waals surface area contributed by atoms with E-state index in [9.17, 15) is 0 Å². The Balaban J connectivity index is 4.29. The molecule has 2 atom stereocenters. The van der Waals surface area contributed by atoms with Gasteiger partial charge in [0.05, 0.1) is 0 Å². The van der Waals surface area contributed by atoms with Crippen LogP contribution in [-0.2, 0) is 0 Å². The molecule has 2 unspecified atom stereocenters. The van der Waals surface area contributed by atoms with Crippen LogP contribution in [0.5, 0.6) is 0 Å². The number of rotatable bonds is 5. The van der Waals surface area contributed by atoms with Crippen LogP contribution in [0.15, 0.2) is 0 Å². The number of nitrogens with one attached hydrogen (secondary N) is 1. The van der Waals surface area contributed by atoms with Crippen molar-refractivity contribution in [1.29, 1.82) is 0 Å². The zero-order chi connectivity index (χ0) is 9.78. The van der Waals surface area contributed by atoms with E-state index in [1.54, 1.807) is 0 Å². The molecule has 2 nitrogen and oxygen atoms in total. The molecule has 1 N–H and O–H groups in total. The van der Waals surface area contributed by atoms with E-state index in [4.69, 9.17) is 0 Å². The largest absolute Gasteiger partial charge is 0.313 e. The van der Waals surface area contributed by atoms with Gasteiger partial charge in [-0.05, 0) is 40.9 Å². The van der Waals surface area contributed by atoms with Gasteiger partial charge in [-0.25, -0.2) is 0 Å². The van der Waals surface area contributed by atoms with E-state index in [2.05, 4.69) is 52.0 Å². The van der Waals surface area contributed by atoms with Gasteiger partial charge in [-0.1, -0.05) is 13.8 Å². The summed E-state index contributed by atoms with van der Waals surface area (Å²) in [6.07, 6.45) is 1.17. The SMILES string of the molecule is CCNC(C)C(C)(CC)N(C)C. The first-order chi connectivity index (χ1) is 5.49. The highest BCUT2D eigenvalue weighted by Crippen LogP contribution is 2.20. The summed E-state index contributed by atoms with van der Waals surface area (Å²) in [6, 6.07) is 0.544. The molecule has 0 heterocycles. The zero-order valence-electron chi connectivity index (χ0n) is 9.44. The van der Waals surface area contributed by atoms with Gasteiger partial charge in [0.15, 0.2) is 0 Å². The molecule has 12 heavy (non-hydrogen) atoms. The topological polar surface area (TPSA) is 15.3 Å². The van der Waals surface area contributed by atoms with E-state index in [0.717, 1.165) is 6.54 Å². The Labute approximate surface area is 77.3 Å². The smallest absolute Gasteiger partial charge is 0.0323 e. The monoisotopic (exact) mass is 172 g/mol. The fraction of sp³-hybridized carbons (Fsp3) is 1.00. The maximum absolute atomic E-state index is 3.48. The van der Waals surface area contributed by atoms with Gasteiger partial charge < -0.3 is 10.2 Å². The minimum absolute atomic E-state index is 0.274. The summed E-state index contributed by atoms with van der Waals surface area (Å²) in [6.45, 7) is 10.0. The highest BCUT2D eigenvalue weighted by molar-refractivity contribution is 4.91. The first-order valence-electron chi connectivity index (χ1n) is 4.89. The van der Waals surface area contributed by atoms with Crippen LogP contribution in [0.1, 0.15) is 34.1 Å². The Kier molecular flexibility index (Phi) is 4.80. The molecule has 0 fully saturated rings.